The van der Waals surface area contributed by atoms with Crippen molar-refractivity contribution in [2.45, 2.75) is 17.9 Å². The fraction of sp³-hybridized carbons (Fsp3) is 0.500. The van der Waals surface area contributed by atoms with Crippen LogP contribution in [0.5, 0.6) is 0 Å². The van der Waals surface area contributed by atoms with Crippen molar-refractivity contribution >= 4 is 10.0 Å². The summed E-state index contributed by atoms with van der Waals surface area (Å²) in [6, 6.07) is 8.05. The summed E-state index contributed by atoms with van der Waals surface area (Å²) >= 11 is 0. The zero-order valence-electron chi connectivity index (χ0n) is 11.9. The Hall–Kier alpha value is -1.46. The zero-order chi connectivity index (χ0) is 15.3. The molecule has 1 saturated heterocycles. The normalized spacial score (nSPS) is 18.1. The average molecular weight is 309 g/mol. The number of hydrogen-bond acceptors (Lipinski definition) is 5. The second kappa shape index (κ2) is 7.00. The summed E-state index contributed by atoms with van der Waals surface area (Å²) < 4.78 is 32.3. The van der Waals surface area contributed by atoms with Crippen LogP contribution in [0.2, 0.25) is 0 Å². The Kier molecular flexibility index (Phi) is 5.31. The number of sulfonamides is 1. The predicted octanol–water partition coefficient (Wildman–Crippen LogP) is 0.557. The van der Waals surface area contributed by atoms with Crippen LogP contribution in [0.15, 0.2) is 29.2 Å². The van der Waals surface area contributed by atoms with Gasteiger partial charge >= 0.3 is 0 Å². The van der Waals surface area contributed by atoms with Gasteiger partial charge in [-0.25, -0.2) is 13.1 Å². The Morgan fingerprint density at radius 3 is 2.81 bits per heavy atom. The highest BCUT2D eigenvalue weighted by atomic mass is 32.2. The lowest BCUT2D eigenvalue weighted by Gasteiger charge is -2.32. The van der Waals surface area contributed by atoms with Crippen LogP contribution in [-0.4, -0.2) is 52.2 Å². The maximum Gasteiger partial charge on any atom is 0.240 e. The van der Waals surface area contributed by atoms with E-state index in [0.717, 1.165) is 13.1 Å². The molecule has 1 heterocycles. The first-order valence-corrected chi connectivity index (χ1v) is 8.33. The number of nitriles is 1. The Morgan fingerprint density at radius 2 is 2.14 bits per heavy atom. The molecule has 7 heteroatoms. The van der Waals surface area contributed by atoms with Gasteiger partial charge < -0.3 is 4.74 Å². The first-order chi connectivity index (χ1) is 10.0. The zero-order valence-corrected chi connectivity index (χ0v) is 12.8. The summed E-state index contributed by atoms with van der Waals surface area (Å²) in [5, 5.41) is 8.83. The van der Waals surface area contributed by atoms with Crippen molar-refractivity contribution in [1.29, 1.82) is 5.26 Å². The van der Waals surface area contributed by atoms with Gasteiger partial charge in [0.1, 0.15) is 0 Å². The third kappa shape index (κ3) is 4.25. The van der Waals surface area contributed by atoms with Crippen molar-refractivity contribution in [1.82, 2.24) is 9.62 Å². The first-order valence-electron chi connectivity index (χ1n) is 6.84. The van der Waals surface area contributed by atoms with Crippen molar-refractivity contribution in [2.24, 2.45) is 0 Å². The molecular weight excluding hydrogens is 290 g/mol. The molecule has 0 spiro atoms. The van der Waals surface area contributed by atoms with E-state index >= 15 is 0 Å². The molecule has 1 aromatic rings. The number of nitrogens with one attached hydrogen (secondary N) is 1. The van der Waals surface area contributed by atoms with Crippen LogP contribution in [0.1, 0.15) is 12.5 Å². The minimum atomic E-state index is -3.59. The van der Waals surface area contributed by atoms with Crippen LogP contribution >= 0.6 is 0 Å². The smallest absolute Gasteiger partial charge is 0.240 e. The maximum atomic E-state index is 12.2. The molecule has 21 heavy (non-hydrogen) atoms. The summed E-state index contributed by atoms with van der Waals surface area (Å²) in [5.74, 6) is 0. The Labute approximate surface area is 125 Å². The van der Waals surface area contributed by atoms with Crippen molar-refractivity contribution in [3.05, 3.63) is 29.8 Å². The summed E-state index contributed by atoms with van der Waals surface area (Å²) in [6.07, 6.45) is 0. The number of morpholine rings is 1. The van der Waals surface area contributed by atoms with Crippen molar-refractivity contribution in [2.75, 3.05) is 32.8 Å². The average Bonchev–Trinajstić information content (AvgIpc) is 2.53. The molecule has 6 nitrogen and oxygen atoms in total. The summed E-state index contributed by atoms with van der Waals surface area (Å²) in [4.78, 5) is 2.31. The number of nitrogens with zero attached hydrogens (tertiary/aromatic N) is 2. The van der Waals surface area contributed by atoms with Gasteiger partial charge in [0.2, 0.25) is 10.0 Å². The van der Waals surface area contributed by atoms with E-state index in [1.807, 2.05) is 13.0 Å². The molecule has 0 aliphatic carbocycles. The molecule has 1 aliphatic rings. The number of hydrogen-bond donors (Lipinski definition) is 1. The molecule has 1 N–H and O–H groups in total. The fourth-order valence-corrected chi connectivity index (χ4v) is 3.36. The van der Waals surface area contributed by atoms with E-state index in [1.165, 1.54) is 12.1 Å². The van der Waals surface area contributed by atoms with Crippen LogP contribution in [0.3, 0.4) is 0 Å². The Balaban J connectivity index is 1.99. The number of ether oxygens (including phenoxy) is 1. The van der Waals surface area contributed by atoms with Gasteiger partial charge in [0.25, 0.3) is 0 Å². The van der Waals surface area contributed by atoms with Crippen molar-refractivity contribution in [3.63, 3.8) is 0 Å². The number of benzene rings is 1. The molecule has 2 rings (SSSR count). The molecule has 0 bridgehead atoms. The minimum Gasteiger partial charge on any atom is -0.379 e. The lowest BCUT2D eigenvalue weighted by Crippen LogP contribution is -2.47. The molecule has 0 amide bonds. The minimum absolute atomic E-state index is 0.0998. The molecule has 114 valence electrons. The maximum absolute atomic E-state index is 12.2. The predicted molar refractivity (Wildman–Crippen MR) is 78.2 cm³/mol. The topological polar surface area (TPSA) is 82.4 Å². The highest BCUT2D eigenvalue weighted by molar-refractivity contribution is 7.89. The molecule has 0 aromatic heterocycles. The molecule has 1 aliphatic heterocycles. The van der Waals surface area contributed by atoms with Gasteiger partial charge in [-0.15, -0.1) is 0 Å². The van der Waals surface area contributed by atoms with Crippen LogP contribution in [0.4, 0.5) is 0 Å². The largest absolute Gasteiger partial charge is 0.379 e. The molecule has 0 saturated carbocycles. The fourth-order valence-electron chi connectivity index (χ4n) is 2.19. The van der Waals surface area contributed by atoms with E-state index in [1.54, 1.807) is 12.1 Å². The van der Waals surface area contributed by atoms with Crippen LogP contribution in [0, 0.1) is 11.3 Å². The van der Waals surface area contributed by atoms with E-state index in [-0.39, 0.29) is 10.9 Å². The molecular formula is C14H19N3O3S. The van der Waals surface area contributed by atoms with Gasteiger partial charge in [0, 0.05) is 25.7 Å². The first kappa shape index (κ1) is 15.9. The highest BCUT2D eigenvalue weighted by Crippen LogP contribution is 2.11. The monoisotopic (exact) mass is 309 g/mol. The Bertz CT molecular complexity index is 619. The third-order valence-corrected chi connectivity index (χ3v) is 4.93. The van der Waals surface area contributed by atoms with Crippen molar-refractivity contribution in [3.8, 4) is 6.07 Å². The van der Waals surface area contributed by atoms with Gasteiger partial charge in [-0.2, -0.15) is 5.26 Å². The van der Waals surface area contributed by atoms with Crippen LogP contribution in [0.25, 0.3) is 0 Å². The molecule has 0 unspecified atom stereocenters. The van der Waals surface area contributed by atoms with Gasteiger partial charge in [0.05, 0.1) is 29.7 Å². The van der Waals surface area contributed by atoms with Gasteiger partial charge in [0.15, 0.2) is 0 Å². The molecule has 1 fully saturated rings. The Morgan fingerprint density at radius 1 is 1.43 bits per heavy atom. The van der Waals surface area contributed by atoms with Crippen LogP contribution in [-0.2, 0) is 14.8 Å². The van der Waals surface area contributed by atoms with E-state index < -0.39 is 10.0 Å². The second-order valence-electron chi connectivity index (χ2n) is 4.99. The van der Waals surface area contributed by atoms with Gasteiger partial charge in [-0.05, 0) is 25.1 Å². The summed E-state index contributed by atoms with van der Waals surface area (Å²) in [7, 11) is -3.59. The van der Waals surface area contributed by atoms with E-state index in [0.29, 0.717) is 25.3 Å². The highest BCUT2D eigenvalue weighted by Gasteiger charge is 2.20. The lowest BCUT2D eigenvalue weighted by molar-refractivity contribution is 0.0213. The number of rotatable bonds is 5. The summed E-state index contributed by atoms with van der Waals surface area (Å²) in [6.45, 7) is 5.31. The lowest BCUT2D eigenvalue weighted by atomic mass is 10.2. The van der Waals surface area contributed by atoms with Crippen LogP contribution < -0.4 is 4.72 Å². The van der Waals surface area contributed by atoms with E-state index in [2.05, 4.69) is 9.62 Å². The molecule has 1 atom stereocenters. The van der Waals surface area contributed by atoms with Gasteiger partial charge in [-0.1, -0.05) is 6.07 Å². The van der Waals surface area contributed by atoms with Gasteiger partial charge in [-0.3, -0.25) is 4.90 Å². The third-order valence-electron chi connectivity index (χ3n) is 3.51. The second-order valence-corrected chi connectivity index (χ2v) is 6.76. The van der Waals surface area contributed by atoms with E-state index in [9.17, 15) is 8.42 Å². The van der Waals surface area contributed by atoms with E-state index in [4.69, 9.17) is 10.00 Å². The molecule has 1 aromatic carbocycles. The quantitative estimate of drug-likeness (QED) is 0.859. The molecule has 0 radical (unpaired) electrons. The van der Waals surface area contributed by atoms with Crippen molar-refractivity contribution < 1.29 is 13.2 Å². The standard InChI is InChI=1S/C14H19N3O3S/c1-12(17-5-7-20-8-6-17)11-16-21(18,19)14-4-2-3-13(9-14)10-15/h2-4,9,12,16H,5-8,11H2,1H3/t12-/m1/s1. The summed E-state index contributed by atoms with van der Waals surface area (Å²) in [5.41, 5.74) is 0.333. The SMILES string of the molecule is C[C@H](CNS(=O)(=O)c1cccc(C#N)c1)N1CCOCC1.